The first kappa shape index (κ1) is 8.66. The van der Waals surface area contributed by atoms with Crippen LogP contribution in [0.3, 0.4) is 0 Å². The molecule has 0 saturated carbocycles. The summed E-state index contributed by atoms with van der Waals surface area (Å²) in [6, 6.07) is 0. The van der Waals surface area contributed by atoms with Gasteiger partial charge in [-0.05, 0) is 0 Å². The molecule has 0 saturated heterocycles. The van der Waals surface area contributed by atoms with Gasteiger partial charge in [0.1, 0.15) is 5.69 Å². The first-order valence-electron chi connectivity index (χ1n) is 3.15. The molecule has 0 aliphatic carbocycles. The molecule has 0 fully saturated rings. The van der Waals surface area contributed by atoms with Gasteiger partial charge in [-0.25, -0.2) is 4.98 Å². The molecule has 1 heterocycles. The number of carbonyl (C=O) groups excluding carboxylic acids is 1. The number of nitrogens with zero attached hydrogens (tertiary/aromatic N) is 2. The van der Waals surface area contributed by atoms with Gasteiger partial charge in [0.05, 0.1) is 0 Å². The van der Waals surface area contributed by atoms with Gasteiger partial charge in [0.25, 0.3) is 0 Å². The number of rotatable bonds is 2. The summed E-state index contributed by atoms with van der Waals surface area (Å²) < 4.78 is 0. The van der Waals surface area contributed by atoms with Gasteiger partial charge in [0.2, 0.25) is 5.13 Å². The summed E-state index contributed by atoms with van der Waals surface area (Å²) in [4.78, 5) is 18.3. The molecule has 5 nitrogen and oxygen atoms in total. The van der Waals surface area contributed by atoms with Crippen LogP contribution in [0.5, 0.6) is 0 Å². The van der Waals surface area contributed by atoms with E-state index in [1.54, 1.807) is 5.38 Å². The van der Waals surface area contributed by atoms with Crippen molar-refractivity contribution in [2.24, 2.45) is 16.5 Å². The Morgan fingerprint density at radius 3 is 2.75 bits per heavy atom. The first-order valence-corrected chi connectivity index (χ1v) is 4.03. The maximum Gasteiger partial charge on any atom is 0.212 e. The number of nitrogens with two attached hydrogens (primary N) is 2. The zero-order chi connectivity index (χ0) is 9.14. The monoisotopic (exact) mass is 184 g/mol. The summed E-state index contributed by atoms with van der Waals surface area (Å²) in [7, 11) is 0. The molecule has 0 aromatic carbocycles. The number of carbonyl (C=O) groups is 1. The highest BCUT2D eigenvalue weighted by Gasteiger charge is 2.04. The average molecular weight is 184 g/mol. The van der Waals surface area contributed by atoms with Crippen LogP contribution in [0.25, 0.3) is 0 Å². The molecular weight excluding hydrogens is 176 g/mol. The Balaban J connectivity index is 2.92. The number of hydrogen-bond acceptors (Lipinski definition) is 4. The van der Waals surface area contributed by atoms with E-state index in [-0.39, 0.29) is 11.7 Å². The molecule has 0 radical (unpaired) electrons. The molecule has 1 aromatic rings. The summed E-state index contributed by atoms with van der Waals surface area (Å²) in [5.74, 6) is -0.150. The second-order valence-corrected chi connectivity index (χ2v) is 2.94. The van der Waals surface area contributed by atoms with Crippen LogP contribution in [0.15, 0.2) is 10.4 Å². The van der Waals surface area contributed by atoms with Crippen LogP contribution in [-0.4, -0.2) is 16.7 Å². The minimum Gasteiger partial charge on any atom is -0.370 e. The van der Waals surface area contributed by atoms with Crippen LogP contribution in [0.4, 0.5) is 5.13 Å². The molecule has 0 atom stereocenters. The third-order valence-corrected chi connectivity index (χ3v) is 1.81. The molecule has 12 heavy (non-hydrogen) atoms. The van der Waals surface area contributed by atoms with Crippen LogP contribution in [-0.2, 0) is 0 Å². The van der Waals surface area contributed by atoms with Crippen molar-refractivity contribution in [3.8, 4) is 0 Å². The predicted molar refractivity (Wildman–Crippen MR) is 47.6 cm³/mol. The SMILES string of the molecule is CC(=O)c1csc(N=C(N)N)n1. The van der Waals surface area contributed by atoms with Crippen molar-refractivity contribution < 1.29 is 4.79 Å². The second kappa shape index (κ2) is 3.31. The molecule has 1 aromatic heterocycles. The number of aromatic nitrogens is 1. The van der Waals surface area contributed by atoms with Crippen molar-refractivity contribution in [3.63, 3.8) is 0 Å². The number of guanidine groups is 1. The quantitative estimate of drug-likeness (QED) is 0.391. The van der Waals surface area contributed by atoms with Gasteiger partial charge in [0, 0.05) is 12.3 Å². The lowest BCUT2D eigenvalue weighted by atomic mass is 10.4. The lowest BCUT2D eigenvalue weighted by molar-refractivity contribution is 0.101. The maximum atomic E-state index is 10.8. The molecule has 0 aliphatic rings. The van der Waals surface area contributed by atoms with Crippen molar-refractivity contribution in [1.29, 1.82) is 0 Å². The topological polar surface area (TPSA) is 94.4 Å². The fourth-order valence-electron chi connectivity index (χ4n) is 0.588. The molecule has 1 rings (SSSR count). The molecule has 0 spiro atoms. The van der Waals surface area contributed by atoms with Gasteiger partial charge in [-0.3, -0.25) is 4.79 Å². The molecule has 6 heteroatoms. The number of ketones is 1. The Hall–Kier alpha value is -1.43. The summed E-state index contributed by atoms with van der Waals surface area (Å²) in [5.41, 5.74) is 10.6. The van der Waals surface area contributed by atoms with Gasteiger partial charge in [-0.15, -0.1) is 11.3 Å². The van der Waals surface area contributed by atoms with Crippen molar-refractivity contribution in [2.75, 3.05) is 0 Å². The Bertz CT molecular complexity index is 326. The second-order valence-electron chi connectivity index (χ2n) is 2.11. The van der Waals surface area contributed by atoms with E-state index >= 15 is 0 Å². The van der Waals surface area contributed by atoms with Crippen LogP contribution >= 0.6 is 11.3 Å². The Kier molecular flexibility index (Phi) is 2.39. The van der Waals surface area contributed by atoms with E-state index in [9.17, 15) is 4.79 Å². The van der Waals surface area contributed by atoms with Gasteiger partial charge >= 0.3 is 0 Å². The van der Waals surface area contributed by atoms with Gasteiger partial charge in [0.15, 0.2) is 11.7 Å². The van der Waals surface area contributed by atoms with Crippen molar-refractivity contribution >= 4 is 28.2 Å². The smallest absolute Gasteiger partial charge is 0.212 e. The predicted octanol–water partition coefficient (Wildman–Crippen LogP) is 0.251. The fourth-order valence-corrected chi connectivity index (χ4v) is 1.33. The number of aliphatic imine (C=N–C) groups is 1. The average Bonchev–Trinajstić information content (AvgIpc) is 2.34. The third-order valence-electron chi connectivity index (χ3n) is 1.08. The van der Waals surface area contributed by atoms with Gasteiger partial charge in [-0.2, -0.15) is 4.99 Å². The third kappa shape index (κ3) is 2.03. The lowest BCUT2D eigenvalue weighted by Gasteiger charge is -1.86. The van der Waals surface area contributed by atoms with Crippen LogP contribution in [0, 0.1) is 0 Å². The van der Waals surface area contributed by atoms with Crippen LogP contribution in [0.2, 0.25) is 0 Å². The van der Waals surface area contributed by atoms with Crippen LogP contribution < -0.4 is 11.5 Å². The zero-order valence-electron chi connectivity index (χ0n) is 6.44. The van der Waals surface area contributed by atoms with E-state index in [2.05, 4.69) is 9.98 Å². The minimum absolute atomic E-state index is 0.0561. The van der Waals surface area contributed by atoms with E-state index in [0.29, 0.717) is 10.8 Å². The fraction of sp³-hybridized carbons (Fsp3) is 0.167. The highest BCUT2D eigenvalue weighted by atomic mass is 32.1. The Morgan fingerprint density at radius 1 is 1.67 bits per heavy atom. The zero-order valence-corrected chi connectivity index (χ0v) is 7.26. The van der Waals surface area contributed by atoms with Crippen molar-refractivity contribution in [2.45, 2.75) is 6.92 Å². The Morgan fingerprint density at radius 2 is 2.33 bits per heavy atom. The normalized spacial score (nSPS) is 9.42. The van der Waals surface area contributed by atoms with E-state index in [0.717, 1.165) is 0 Å². The summed E-state index contributed by atoms with van der Waals surface area (Å²) in [6.45, 7) is 1.44. The number of Topliss-reactive ketones (excluding diaryl/α,β-unsaturated/α-hetero) is 1. The van der Waals surface area contributed by atoms with E-state index in [4.69, 9.17) is 11.5 Å². The molecule has 0 amide bonds. The highest BCUT2D eigenvalue weighted by Crippen LogP contribution is 2.18. The van der Waals surface area contributed by atoms with Gasteiger partial charge < -0.3 is 11.5 Å². The van der Waals surface area contributed by atoms with Gasteiger partial charge in [-0.1, -0.05) is 0 Å². The minimum atomic E-state index is -0.0942. The highest BCUT2D eigenvalue weighted by molar-refractivity contribution is 7.13. The summed E-state index contributed by atoms with van der Waals surface area (Å²) in [6.07, 6.45) is 0. The molecule has 0 unspecified atom stereocenters. The largest absolute Gasteiger partial charge is 0.370 e. The molecule has 4 N–H and O–H groups in total. The van der Waals surface area contributed by atoms with E-state index in [1.165, 1.54) is 18.3 Å². The number of thiazole rings is 1. The van der Waals surface area contributed by atoms with Crippen molar-refractivity contribution in [1.82, 2.24) is 4.98 Å². The molecule has 64 valence electrons. The van der Waals surface area contributed by atoms with Crippen LogP contribution in [0.1, 0.15) is 17.4 Å². The summed E-state index contributed by atoms with van der Waals surface area (Å²) in [5, 5.41) is 2.02. The summed E-state index contributed by atoms with van der Waals surface area (Å²) >= 11 is 1.23. The van der Waals surface area contributed by atoms with E-state index in [1.807, 2.05) is 0 Å². The van der Waals surface area contributed by atoms with E-state index < -0.39 is 0 Å². The van der Waals surface area contributed by atoms with Crippen molar-refractivity contribution in [3.05, 3.63) is 11.1 Å². The first-order chi connectivity index (χ1) is 5.59. The molecular formula is C6H8N4OS. The maximum absolute atomic E-state index is 10.8. The standard InChI is InChI=1S/C6H8N4OS/c1-3(11)4-2-12-6(9-4)10-5(7)8/h2H,1H3,(H4,7,8,9,10). The Labute approximate surface area is 73.1 Å². The number of hydrogen-bond donors (Lipinski definition) is 2. The molecule has 0 bridgehead atoms. The lowest BCUT2D eigenvalue weighted by Crippen LogP contribution is -2.21. The molecule has 0 aliphatic heterocycles.